The Labute approximate surface area is 120 Å². The molecular weight excluding hydrogens is 300 g/mol. The lowest BCUT2D eigenvalue weighted by molar-refractivity contribution is -0.385. The molecule has 0 saturated carbocycles. The predicted molar refractivity (Wildman–Crippen MR) is 72.7 cm³/mol. The zero-order chi connectivity index (χ0) is 15.6. The number of hydrogen-bond acceptors (Lipinski definition) is 7. The zero-order valence-electron chi connectivity index (χ0n) is 10.6. The van der Waals surface area contributed by atoms with E-state index in [0.29, 0.717) is 11.2 Å². The van der Waals surface area contributed by atoms with E-state index in [1.807, 2.05) is 0 Å². The summed E-state index contributed by atoms with van der Waals surface area (Å²) in [6, 6.07) is 3.93. The lowest BCUT2D eigenvalue weighted by Gasteiger charge is -2.06. The van der Waals surface area contributed by atoms with Crippen molar-refractivity contribution in [1.82, 2.24) is 14.8 Å². The molecule has 1 heterocycles. The second-order valence-corrected chi connectivity index (χ2v) is 4.94. The highest BCUT2D eigenvalue weighted by Gasteiger charge is 2.15. The molecule has 2 aromatic rings. The lowest BCUT2D eigenvalue weighted by Crippen LogP contribution is -2.33. The molecule has 0 aliphatic carbocycles. The highest BCUT2D eigenvalue weighted by atomic mass is 32.2. The number of H-pyrrole nitrogens is 1. The van der Waals surface area contributed by atoms with Crippen molar-refractivity contribution < 1.29 is 9.72 Å². The van der Waals surface area contributed by atoms with Crippen molar-refractivity contribution in [2.24, 2.45) is 7.05 Å². The van der Waals surface area contributed by atoms with Crippen molar-refractivity contribution in [3.05, 3.63) is 54.6 Å². The van der Waals surface area contributed by atoms with Crippen molar-refractivity contribution in [3.63, 3.8) is 0 Å². The molecule has 0 saturated heterocycles. The molecule has 2 rings (SSSR count). The van der Waals surface area contributed by atoms with Gasteiger partial charge in [-0.25, -0.2) is 0 Å². The van der Waals surface area contributed by atoms with Crippen molar-refractivity contribution in [2.75, 3.05) is 0 Å². The number of aromatic nitrogens is 3. The number of benzene rings is 1. The molecule has 21 heavy (non-hydrogen) atoms. The average Bonchev–Trinajstić information content (AvgIpc) is 2.44. The van der Waals surface area contributed by atoms with Gasteiger partial charge in [0.1, 0.15) is 0 Å². The van der Waals surface area contributed by atoms with Crippen LogP contribution in [0.2, 0.25) is 0 Å². The number of hydrogen-bond donors (Lipinski definition) is 1. The summed E-state index contributed by atoms with van der Waals surface area (Å²) in [5.74, 6) is 0. The number of carbonyl (C=O) groups excluding carboxylic acids is 1. The minimum absolute atomic E-state index is 0.0839. The molecule has 0 atom stereocenters. The van der Waals surface area contributed by atoms with Gasteiger partial charge >= 0.3 is 11.1 Å². The number of aromatic amines is 1. The van der Waals surface area contributed by atoms with Crippen molar-refractivity contribution in [2.45, 2.75) is 10.1 Å². The predicted octanol–water partition coefficient (Wildman–Crippen LogP) is 0.340. The van der Waals surface area contributed by atoms with Crippen LogP contribution in [0.5, 0.6) is 0 Å². The fourth-order valence-electron chi connectivity index (χ4n) is 1.51. The third-order valence-corrected chi connectivity index (χ3v) is 3.52. The Balaban J connectivity index is 2.43. The van der Waals surface area contributed by atoms with Gasteiger partial charge in [-0.2, -0.15) is 4.98 Å². The van der Waals surface area contributed by atoms with E-state index in [-0.39, 0.29) is 16.4 Å². The first kappa shape index (κ1) is 14.7. The summed E-state index contributed by atoms with van der Waals surface area (Å²) in [5, 5.41) is 13.2. The van der Waals surface area contributed by atoms with Crippen LogP contribution in [0.4, 0.5) is 5.69 Å². The van der Waals surface area contributed by atoms with E-state index in [2.05, 4.69) is 10.1 Å². The molecule has 0 aliphatic rings. The van der Waals surface area contributed by atoms with Gasteiger partial charge in [0.05, 0.1) is 10.5 Å². The summed E-state index contributed by atoms with van der Waals surface area (Å²) in [7, 11) is 1.49. The van der Waals surface area contributed by atoms with Crippen LogP contribution in [0.3, 0.4) is 0 Å². The lowest BCUT2D eigenvalue weighted by atomic mass is 10.2. The van der Waals surface area contributed by atoms with Gasteiger partial charge in [0.2, 0.25) is 0 Å². The number of nitro benzene ring substituents is 1. The number of nitrogens with one attached hydrogen (secondary N) is 1. The molecule has 0 bridgehead atoms. The van der Waals surface area contributed by atoms with Crippen molar-refractivity contribution in [3.8, 4) is 0 Å². The summed E-state index contributed by atoms with van der Waals surface area (Å²) in [4.78, 5) is 47.3. The second-order valence-electron chi connectivity index (χ2n) is 3.90. The standard InChI is InChI=1S/C11H8N4O5S/c1-14-11(12-9(17)10(18)13-14)21-7-2-3-8(15(19)20)6(4-7)5-16/h2-5H,1H3,(H,13,18). The zero-order valence-corrected chi connectivity index (χ0v) is 11.4. The van der Waals surface area contributed by atoms with Crippen LogP contribution in [0.25, 0.3) is 0 Å². The molecule has 1 aromatic heterocycles. The number of aldehydes is 1. The molecule has 0 unspecified atom stereocenters. The molecular formula is C11H8N4O5S. The van der Waals surface area contributed by atoms with Crippen LogP contribution < -0.4 is 11.1 Å². The third kappa shape index (κ3) is 3.05. The minimum Gasteiger partial charge on any atom is -0.298 e. The molecule has 0 radical (unpaired) electrons. The van der Waals surface area contributed by atoms with Gasteiger partial charge in [-0.15, -0.1) is 0 Å². The van der Waals surface area contributed by atoms with Gasteiger partial charge in [0.25, 0.3) is 5.69 Å². The Hall–Kier alpha value is -2.75. The maximum Gasteiger partial charge on any atom is 0.339 e. The maximum atomic E-state index is 11.2. The highest BCUT2D eigenvalue weighted by Crippen LogP contribution is 2.28. The average molecular weight is 308 g/mol. The van der Waals surface area contributed by atoms with Crippen LogP contribution in [0.1, 0.15) is 10.4 Å². The van der Waals surface area contributed by atoms with Gasteiger partial charge in [-0.3, -0.25) is 34.3 Å². The molecule has 108 valence electrons. The molecule has 9 nitrogen and oxygen atoms in total. The van der Waals surface area contributed by atoms with Gasteiger partial charge in [0.15, 0.2) is 11.4 Å². The summed E-state index contributed by atoms with van der Waals surface area (Å²) in [6.45, 7) is 0. The Bertz CT molecular complexity index is 841. The quantitative estimate of drug-likeness (QED) is 0.373. The second kappa shape index (κ2) is 5.71. The van der Waals surface area contributed by atoms with E-state index >= 15 is 0 Å². The van der Waals surface area contributed by atoms with Gasteiger partial charge < -0.3 is 0 Å². The minimum atomic E-state index is -0.937. The number of nitro groups is 1. The van der Waals surface area contributed by atoms with Crippen LogP contribution in [-0.2, 0) is 7.05 Å². The number of aryl methyl sites for hydroxylation is 1. The maximum absolute atomic E-state index is 11.2. The van der Waals surface area contributed by atoms with Gasteiger partial charge in [-0.05, 0) is 12.1 Å². The summed E-state index contributed by atoms with van der Waals surface area (Å²) < 4.78 is 1.25. The van der Waals surface area contributed by atoms with E-state index in [4.69, 9.17) is 0 Å². The van der Waals surface area contributed by atoms with Crippen LogP contribution in [-0.4, -0.2) is 26.0 Å². The molecule has 0 fully saturated rings. The first-order chi connectivity index (χ1) is 9.92. The Morgan fingerprint density at radius 1 is 1.43 bits per heavy atom. The fraction of sp³-hybridized carbons (Fsp3) is 0.0909. The normalized spacial score (nSPS) is 10.3. The van der Waals surface area contributed by atoms with E-state index in [1.54, 1.807) is 0 Å². The summed E-state index contributed by atoms with van der Waals surface area (Å²) in [5.41, 5.74) is -2.18. The summed E-state index contributed by atoms with van der Waals surface area (Å²) >= 11 is 0.987. The monoisotopic (exact) mass is 308 g/mol. The molecule has 0 amide bonds. The van der Waals surface area contributed by atoms with E-state index < -0.39 is 16.0 Å². The van der Waals surface area contributed by atoms with Crippen LogP contribution in [0, 0.1) is 10.1 Å². The number of rotatable bonds is 4. The highest BCUT2D eigenvalue weighted by molar-refractivity contribution is 7.99. The van der Waals surface area contributed by atoms with Gasteiger partial charge in [-0.1, -0.05) is 11.8 Å². The number of nitrogens with zero attached hydrogens (tertiary/aromatic N) is 3. The van der Waals surface area contributed by atoms with E-state index in [1.165, 1.54) is 29.9 Å². The first-order valence-corrected chi connectivity index (χ1v) is 6.33. The molecule has 0 spiro atoms. The smallest absolute Gasteiger partial charge is 0.298 e. The Kier molecular flexibility index (Phi) is 3.98. The third-order valence-electron chi connectivity index (χ3n) is 2.48. The fourth-order valence-corrected chi connectivity index (χ4v) is 2.36. The number of carbonyl (C=O) groups is 1. The first-order valence-electron chi connectivity index (χ1n) is 5.51. The Morgan fingerprint density at radius 3 is 2.76 bits per heavy atom. The van der Waals surface area contributed by atoms with E-state index in [0.717, 1.165) is 11.8 Å². The van der Waals surface area contributed by atoms with Crippen molar-refractivity contribution >= 4 is 23.7 Å². The molecule has 10 heteroatoms. The van der Waals surface area contributed by atoms with Crippen LogP contribution in [0.15, 0.2) is 37.8 Å². The largest absolute Gasteiger partial charge is 0.339 e. The van der Waals surface area contributed by atoms with Crippen LogP contribution >= 0.6 is 11.8 Å². The molecule has 1 aromatic carbocycles. The summed E-state index contributed by atoms with van der Waals surface area (Å²) in [6.07, 6.45) is 0.377. The molecule has 0 aliphatic heterocycles. The van der Waals surface area contributed by atoms with Crippen molar-refractivity contribution in [1.29, 1.82) is 0 Å². The molecule has 1 N–H and O–H groups in total. The SMILES string of the molecule is Cn1[nH]c(=O)c(=O)nc1Sc1ccc([N+](=O)[O-])c(C=O)c1. The topological polar surface area (TPSA) is 128 Å². The van der Waals surface area contributed by atoms with Gasteiger partial charge in [0, 0.05) is 18.0 Å². The van der Waals surface area contributed by atoms with E-state index in [9.17, 15) is 24.5 Å². The Morgan fingerprint density at radius 2 is 2.14 bits per heavy atom.